The summed E-state index contributed by atoms with van der Waals surface area (Å²) in [7, 11) is -4.13. The van der Waals surface area contributed by atoms with Crippen LogP contribution in [-0.4, -0.2) is 57.8 Å². The Kier molecular flexibility index (Phi) is 4.82. The van der Waals surface area contributed by atoms with Gasteiger partial charge in [0.15, 0.2) is 5.60 Å². The summed E-state index contributed by atoms with van der Waals surface area (Å²) in [5.41, 5.74) is -1.53. The molecule has 3 heterocycles. The summed E-state index contributed by atoms with van der Waals surface area (Å²) in [6.07, 6.45) is 1.82. The number of rotatable bonds is 4. The van der Waals surface area contributed by atoms with Gasteiger partial charge in [0.1, 0.15) is 12.7 Å². The molecule has 0 N–H and O–H groups in total. The zero-order chi connectivity index (χ0) is 21.9. The van der Waals surface area contributed by atoms with Crippen molar-refractivity contribution in [2.45, 2.75) is 31.2 Å². The second-order valence-corrected chi connectivity index (χ2v) is 9.52. The van der Waals surface area contributed by atoms with Gasteiger partial charge in [-0.25, -0.2) is 27.7 Å². The molecule has 160 valence electrons. The van der Waals surface area contributed by atoms with Gasteiger partial charge in [-0.15, -0.1) is 0 Å². The van der Waals surface area contributed by atoms with Gasteiger partial charge in [0, 0.05) is 22.5 Å². The first-order valence-corrected chi connectivity index (χ1v) is 11.0. The molecule has 4 rings (SSSR count). The molecule has 3 atom stereocenters. The molecule has 1 aromatic carbocycles. The lowest BCUT2D eigenvalue weighted by Gasteiger charge is -2.35. The minimum atomic E-state index is -4.13. The molecule has 3 unspecified atom stereocenters. The zero-order valence-electron chi connectivity index (χ0n) is 15.5. The van der Waals surface area contributed by atoms with E-state index in [0.717, 1.165) is 6.26 Å². The van der Waals surface area contributed by atoms with Crippen molar-refractivity contribution in [2.24, 2.45) is 0 Å². The van der Waals surface area contributed by atoms with Crippen LogP contribution in [0.1, 0.15) is 12.5 Å². The molecule has 0 saturated carbocycles. The number of nitrogens with zero attached hydrogens (tertiary/aromatic N) is 4. The Labute approximate surface area is 180 Å². The van der Waals surface area contributed by atoms with Gasteiger partial charge < -0.3 is 14.2 Å². The average Bonchev–Trinajstić information content (AvgIpc) is 3.16. The normalized spacial score (nSPS) is 29.4. The Morgan fingerprint density at radius 2 is 1.97 bits per heavy atom. The average molecular weight is 477 g/mol. The van der Waals surface area contributed by atoms with Crippen LogP contribution in [0.25, 0.3) is 0 Å². The van der Waals surface area contributed by atoms with E-state index in [1.54, 1.807) is 0 Å². The smallest absolute Gasteiger partial charge is 0.421 e. The fraction of sp³-hybridized carbons (Fsp3) is 0.375. The van der Waals surface area contributed by atoms with Gasteiger partial charge >= 0.3 is 11.9 Å². The minimum absolute atomic E-state index is 0.105. The van der Waals surface area contributed by atoms with Gasteiger partial charge in [0.05, 0.1) is 12.8 Å². The van der Waals surface area contributed by atoms with Crippen molar-refractivity contribution in [3.8, 4) is 0 Å². The quantitative estimate of drug-likeness (QED) is 0.465. The lowest BCUT2D eigenvalue weighted by molar-refractivity contribution is -0.268. The Morgan fingerprint density at radius 3 is 2.57 bits per heavy atom. The Hall–Kier alpha value is -2.25. The molecule has 0 aliphatic carbocycles. The standard InChI is InChI=1S/C16H14Cl2N4O7S/c1-15-22(30(2,25)26)14(27-12(23)13(24)28-15)16(29-15,6-21-8-19-7-20-21)10-4-3-9(17)5-11(10)18/h3-5,7-8,14H,6H2,1-2H3. The second kappa shape index (κ2) is 6.89. The number of fused-ring (bicyclic) bond motifs is 2. The summed E-state index contributed by atoms with van der Waals surface area (Å²) < 4.78 is 43.8. The van der Waals surface area contributed by atoms with Gasteiger partial charge in [-0.1, -0.05) is 33.6 Å². The molecular weight excluding hydrogens is 463 g/mol. The third kappa shape index (κ3) is 3.24. The van der Waals surface area contributed by atoms with Crippen molar-refractivity contribution in [1.29, 1.82) is 0 Å². The van der Waals surface area contributed by atoms with Crippen LogP contribution in [0, 0.1) is 0 Å². The number of esters is 2. The first kappa shape index (κ1) is 21.0. The van der Waals surface area contributed by atoms with Crippen molar-refractivity contribution in [3.63, 3.8) is 0 Å². The monoisotopic (exact) mass is 476 g/mol. The lowest BCUT2D eigenvalue weighted by Crippen LogP contribution is -2.52. The van der Waals surface area contributed by atoms with Gasteiger partial charge in [0.2, 0.25) is 16.3 Å². The summed E-state index contributed by atoms with van der Waals surface area (Å²) in [5, 5.41) is 4.44. The van der Waals surface area contributed by atoms with Gasteiger partial charge in [0.25, 0.3) is 5.91 Å². The fourth-order valence-corrected chi connectivity index (χ4v) is 5.46. The molecule has 0 spiro atoms. The second-order valence-electron chi connectivity index (χ2n) is 6.81. The number of carbonyl (C=O) groups excluding carboxylic acids is 2. The predicted molar refractivity (Wildman–Crippen MR) is 100 cm³/mol. The molecule has 2 saturated heterocycles. The molecular formula is C16H14Cl2N4O7S. The van der Waals surface area contributed by atoms with E-state index in [0.29, 0.717) is 9.33 Å². The maximum absolute atomic E-state index is 12.7. The highest BCUT2D eigenvalue weighted by atomic mass is 35.5. The van der Waals surface area contributed by atoms with E-state index >= 15 is 0 Å². The zero-order valence-corrected chi connectivity index (χ0v) is 17.8. The van der Waals surface area contributed by atoms with E-state index in [-0.39, 0.29) is 17.1 Å². The number of aromatic nitrogens is 3. The van der Waals surface area contributed by atoms with E-state index in [1.807, 2.05) is 0 Å². The number of sulfonamides is 1. The van der Waals surface area contributed by atoms with E-state index in [4.69, 9.17) is 37.4 Å². The number of halogens is 2. The molecule has 2 aromatic rings. The van der Waals surface area contributed by atoms with Crippen LogP contribution >= 0.6 is 23.2 Å². The third-order valence-electron chi connectivity index (χ3n) is 4.66. The van der Waals surface area contributed by atoms with E-state index < -0.39 is 39.7 Å². The highest BCUT2D eigenvalue weighted by Crippen LogP contribution is 2.52. The number of carbonyl (C=O) groups is 2. The highest BCUT2D eigenvalue weighted by molar-refractivity contribution is 7.88. The predicted octanol–water partition coefficient (Wildman–Crippen LogP) is 0.872. The number of hydrogen-bond donors (Lipinski definition) is 0. The van der Waals surface area contributed by atoms with Crippen molar-refractivity contribution < 1.29 is 32.2 Å². The van der Waals surface area contributed by atoms with Crippen LogP contribution in [0.2, 0.25) is 10.0 Å². The summed E-state index contributed by atoms with van der Waals surface area (Å²) in [5.74, 6) is -4.98. The molecule has 2 aliphatic heterocycles. The highest BCUT2D eigenvalue weighted by Gasteiger charge is 2.70. The van der Waals surface area contributed by atoms with Crippen LogP contribution < -0.4 is 0 Å². The molecule has 2 aliphatic rings. The van der Waals surface area contributed by atoms with Crippen LogP contribution in [0.5, 0.6) is 0 Å². The molecule has 2 fully saturated rings. The first-order valence-electron chi connectivity index (χ1n) is 8.38. The maximum atomic E-state index is 12.7. The summed E-state index contributed by atoms with van der Waals surface area (Å²) >= 11 is 12.4. The van der Waals surface area contributed by atoms with Crippen LogP contribution in [-0.2, 0) is 46.0 Å². The molecule has 1 aromatic heterocycles. The molecule has 14 heteroatoms. The maximum Gasteiger partial charge on any atom is 0.421 e. The minimum Gasteiger partial charge on any atom is -0.433 e. The van der Waals surface area contributed by atoms with Crippen LogP contribution in [0.15, 0.2) is 30.9 Å². The molecule has 0 amide bonds. The number of ether oxygens (including phenoxy) is 3. The van der Waals surface area contributed by atoms with Gasteiger partial charge in [-0.2, -0.15) is 5.10 Å². The largest absolute Gasteiger partial charge is 0.433 e. The van der Waals surface area contributed by atoms with Crippen LogP contribution in [0.4, 0.5) is 0 Å². The Morgan fingerprint density at radius 1 is 1.23 bits per heavy atom. The number of benzene rings is 1. The van der Waals surface area contributed by atoms with E-state index in [9.17, 15) is 18.0 Å². The van der Waals surface area contributed by atoms with Gasteiger partial charge in [-0.05, 0) is 12.1 Å². The molecule has 2 bridgehead atoms. The summed E-state index contributed by atoms with van der Waals surface area (Å²) in [4.78, 5) is 28.1. The van der Waals surface area contributed by atoms with Gasteiger partial charge in [-0.3, -0.25) is 0 Å². The molecule has 30 heavy (non-hydrogen) atoms. The molecule has 0 radical (unpaired) electrons. The van der Waals surface area contributed by atoms with Crippen LogP contribution in [0.3, 0.4) is 0 Å². The third-order valence-corrected chi connectivity index (χ3v) is 6.44. The summed E-state index contributed by atoms with van der Waals surface area (Å²) in [6, 6.07) is 4.42. The van der Waals surface area contributed by atoms with Crippen molar-refractivity contribution in [2.75, 3.05) is 6.26 Å². The SMILES string of the molecule is CC12OC(=O)C(=O)OC(N1S(C)(=O)=O)C(Cn1cncn1)(c1ccc(Cl)cc1Cl)O2. The van der Waals surface area contributed by atoms with E-state index in [1.165, 1.54) is 42.5 Å². The van der Waals surface area contributed by atoms with Crippen molar-refractivity contribution in [1.82, 2.24) is 19.1 Å². The first-order chi connectivity index (χ1) is 14.0. The topological polar surface area (TPSA) is 130 Å². The van der Waals surface area contributed by atoms with Crippen molar-refractivity contribution >= 4 is 45.2 Å². The van der Waals surface area contributed by atoms with Crippen molar-refractivity contribution in [3.05, 3.63) is 46.5 Å². The Bertz CT molecular complexity index is 1140. The summed E-state index contributed by atoms with van der Waals surface area (Å²) in [6.45, 7) is 0.999. The van der Waals surface area contributed by atoms with E-state index in [2.05, 4.69) is 10.1 Å². The number of hydrogen-bond acceptors (Lipinski definition) is 9. The molecule has 11 nitrogen and oxygen atoms in total. The Balaban J connectivity index is 2.00. The lowest BCUT2D eigenvalue weighted by atomic mass is 9.91. The fourth-order valence-electron chi connectivity index (χ4n) is 3.65.